The van der Waals surface area contributed by atoms with E-state index >= 15 is 0 Å². The average Bonchev–Trinajstić information content (AvgIpc) is 2.27. The first-order chi connectivity index (χ1) is 7.26. The highest BCUT2D eigenvalue weighted by Crippen LogP contribution is 2.13. The molecule has 4 heteroatoms. The summed E-state index contributed by atoms with van der Waals surface area (Å²) in [6, 6.07) is 4.03. The van der Waals surface area contributed by atoms with Gasteiger partial charge in [0, 0.05) is 36.3 Å². The van der Waals surface area contributed by atoms with E-state index in [1.54, 1.807) is 0 Å². The van der Waals surface area contributed by atoms with Gasteiger partial charge in [0.1, 0.15) is 5.82 Å². The van der Waals surface area contributed by atoms with E-state index in [1.807, 2.05) is 30.1 Å². The molecule has 1 aromatic heterocycles. The Labute approximate surface area is 96.1 Å². The van der Waals surface area contributed by atoms with E-state index in [2.05, 4.69) is 35.7 Å². The van der Waals surface area contributed by atoms with Gasteiger partial charge < -0.3 is 10.6 Å². The molecule has 1 atom stereocenters. The van der Waals surface area contributed by atoms with Crippen LogP contribution in [0.1, 0.15) is 13.8 Å². The monoisotopic (exact) mass is 225 g/mol. The second kappa shape index (κ2) is 6.56. The summed E-state index contributed by atoms with van der Waals surface area (Å²) in [7, 11) is 0. The van der Waals surface area contributed by atoms with E-state index in [4.69, 9.17) is 0 Å². The summed E-state index contributed by atoms with van der Waals surface area (Å²) >= 11 is 1.86. The molecule has 0 aliphatic carbocycles. The van der Waals surface area contributed by atoms with Crippen molar-refractivity contribution in [3.63, 3.8) is 0 Å². The van der Waals surface area contributed by atoms with Crippen molar-refractivity contribution in [2.45, 2.75) is 19.1 Å². The van der Waals surface area contributed by atoms with Gasteiger partial charge in [-0.15, -0.1) is 0 Å². The van der Waals surface area contributed by atoms with Crippen molar-refractivity contribution in [3.8, 4) is 0 Å². The van der Waals surface area contributed by atoms with Gasteiger partial charge >= 0.3 is 0 Å². The van der Waals surface area contributed by atoms with Gasteiger partial charge in [-0.05, 0) is 19.2 Å². The molecule has 0 aromatic carbocycles. The maximum Gasteiger partial charge on any atom is 0.127 e. The van der Waals surface area contributed by atoms with Crippen LogP contribution in [0, 0.1) is 0 Å². The smallest absolute Gasteiger partial charge is 0.127 e. The maximum absolute atomic E-state index is 4.22. The molecule has 0 aliphatic heterocycles. The van der Waals surface area contributed by atoms with Crippen LogP contribution in [0.2, 0.25) is 0 Å². The standard InChI is InChI=1S/C11H19N3S/c1-4-12-11-7-10(5-6-13-11)14-8-9(2)15-3/h5-7,9H,4,8H2,1-3H3,(H2,12,13,14). The second-order valence-corrected chi connectivity index (χ2v) is 4.66. The minimum absolute atomic E-state index is 0.626. The average molecular weight is 225 g/mol. The number of pyridine rings is 1. The Morgan fingerprint density at radius 2 is 2.27 bits per heavy atom. The molecular weight excluding hydrogens is 206 g/mol. The summed E-state index contributed by atoms with van der Waals surface area (Å²) in [4.78, 5) is 4.22. The van der Waals surface area contributed by atoms with Gasteiger partial charge in [-0.1, -0.05) is 6.92 Å². The van der Waals surface area contributed by atoms with Crippen molar-refractivity contribution in [2.75, 3.05) is 30.0 Å². The molecule has 0 saturated carbocycles. The minimum Gasteiger partial charge on any atom is -0.384 e. The lowest BCUT2D eigenvalue weighted by Gasteiger charge is -2.11. The fraction of sp³-hybridized carbons (Fsp3) is 0.545. The summed E-state index contributed by atoms with van der Waals surface area (Å²) < 4.78 is 0. The lowest BCUT2D eigenvalue weighted by atomic mass is 10.3. The third-order valence-corrected chi connectivity index (χ3v) is 3.09. The predicted molar refractivity (Wildman–Crippen MR) is 69.9 cm³/mol. The van der Waals surface area contributed by atoms with Crippen molar-refractivity contribution in [3.05, 3.63) is 18.3 Å². The molecule has 0 fully saturated rings. The zero-order valence-corrected chi connectivity index (χ0v) is 10.4. The maximum atomic E-state index is 4.22. The van der Waals surface area contributed by atoms with Crippen LogP contribution in [0.15, 0.2) is 18.3 Å². The first-order valence-corrected chi connectivity index (χ1v) is 6.51. The number of rotatable bonds is 6. The number of nitrogens with one attached hydrogen (secondary N) is 2. The predicted octanol–water partition coefficient (Wildman–Crippen LogP) is 2.68. The van der Waals surface area contributed by atoms with Gasteiger partial charge in [0.25, 0.3) is 0 Å². The van der Waals surface area contributed by atoms with Gasteiger partial charge in [0.05, 0.1) is 0 Å². The molecule has 0 saturated heterocycles. The number of nitrogens with zero attached hydrogens (tertiary/aromatic N) is 1. The third kappa shape index (κ3) is 4.42. The van der Waals surface area contributed by atoms with Crippen LogP contribution in [0.3, 0.4) is 0 Å². The van der Waals surface area contributed by atoms with Crippen molar-refractivity contribution < 1.29 is 0 Å². The van der Waals surface area contributed by atoms with Crippen LogP contribution in [-0.4, -0.2) is 29.6 Å². The molecule has 0 spiro atoms. The second-order valence-electron chi connectivity index (χ2n) is 3.39. The normalized spacial score (nSPS) is 12.2. The highest BCUT2D eigenvalue weighted by atomic mass is 32.2. The Morgan fingerprint density at radius 1 is 1.47 bits per heavy atom. The van der Waals surface area contributed by atoms with Crippen LogP contribution in [0.25, 0.3) is 0 Å². The fourth-order valence-corrected chi connectivity index (χ4v) is 1.41. The Hall–Kier alpha value is -0.900. The highest BCUT2D eigenvalue weighted by molar-refractivity contribution is 7.99. The van der Waals surface area contributed by atoms with Crippen molar-refractivity contribution >= 4 is 23.3 Å². The van der Waals surface area contributed by atoms with Crippen molar-refractivity contribution in [1.82, 2.24) is 4.98 Å². The van der Waals surface area contributed by atoms with Crippen LogP contribution < -0.4 is 10.6 Å². The minimum atomic E-state index is 0.626. The molecule has 0 amide bonds. The zero-order chi connectivity index (χ0) is 11.1. The van der Waals surface area contributed by atoms with Gasteiger partial charge in [0.15, 0.2) is 0 Å². The third-order valence-electron chi connectivity index (χ3n) is 2.11. The number of thioether (sulfide) groups is 1. The Kier molecular flexibility index (Phi) is 5.32. The molecule has 1 aromatic rings. The molecule has 0 aliphatic rings. The molecule has 0 bridgehead atoms. The van der Waals surface area contributed by atoms with Gasteiger partial charge in [-0.25, -0.2) is 4.98 Å². The Morgan fingerprint density at radius 3 is 2.93 bits per heavy atom. The van der Waals surface area contributed by atoms with Gasteiger partial charge in [0.2, 0.25) is 0 Å². The van der Waals surface area contributed by atoms with E-state index in [1.165, 1.54) is 0 Å². The summed E-state index contributed by atoms with van der Waals surface area (Å²) in [6.07, 6.45) is 3.95. The highest BCUT2D eigenvalue weighted by Gasteiger charge is 1.99. The van der Waals surface area contributed by atoms with Crippen LogP contribution >= 0.6 is 11.8 Å². The van der Waals surface area contributed by atoms with E-state index in [0.29, 0.717) is 5.25 Å². The Balaban J connectivity index is 2.50. The zero-order valence-electron chi connectivity index (χ0n) is 9.58. The largest absolute Gasteiger partial charge is 0.384 e. The summed E-state index contributed by atoms with van der Waals surface area (Å²) in [5, 5.41) is 7.21. The fourth-order valence-electron chi connectivity index (χ4n) is 1.16. The van der Waals surface area contributed by atoms with Gasteiger partial charge in [-0.3, -0.25) is 0 Å². The van der Waals surface area contributed by atoms with Gasteiger partial charge in [-0.2, -0.15) is 11.8 Å². The quantitative estimate of drug-likeness (QED) is 0.780. The van der Waals surface area contributed by atoms with E-state index < -0.39 is 0 Å². The molecular formula is C11H19N3S. The summed E-state index contributed by atoms with van der Waals surface area (Å²) in [5.41, 5.74) is 1.13. The molecule has 1 unspecified atom stereocenters. The number of hydrogen-bond acceptors (Lipinski definition) is 4. The molecule has 1 rings (SSSR count). The number of hydrogen-bond donors (Lipinski definition) is 2. The SMILES string of the molecule is CCNc1cc(NCC(C)SC)ccn1. The topological polar surface area (TPSA) is 37.0 Å². The van der Waals surface area contributed by atoms with E-state index in [-0.39, 0.29) is 0 Å². The van der Waals surface area contributed by atoms with Crippen molar-refractivity contribution in [2.24, 2.45) is 0 Å². The molecule has 84 valence electrons. The van der Waals surface area contributed by atoms with E-state index in [0.717, 1.165) is 24.6 Å². The van der Waals surface area contributed by atoms with E-state index in [9.17, 15) is 0 Å². The molecule has 2 N–H and O–H groups in total. The lowest BCUT2D eigenvalue weighted by Crippen LogP contribution is -2.12. The number of anilines is 2. The summed E-state index contributed by atoms with van der Waals surface area (Å²) in [5.74, 6) is 0.930. The Bertz CT molecular complexity index is 291. The molecule has 15 heavy (non-hydrogen) atoms. The molecule has 0 radical (unpaired) electrons. The summed E-state index contributed by atoms with van der Waals surface area (Å²) in [6.45, 7) is 6.16. The van der Waals surface area contributed by atoms with Crippen molar-refractivity contribution in [1.29, 1.82) is 0 Å². The number of aromatic nitrogens is 1. The molecule has 3 nitrogen and oxygen atoms in total. The molecule has 1 heterocycles. The lowest BCUT2D eigenvalue weighted by molar-refractivity contribution is 1.00. The van der Waals surface area contributed by atoms with Crippen LogP contribution in [0.4, 0.5) is 11.5 Å². The van der Waals surface area contributed by atoms with Crippen LogP contribution in [0.5, 0.6) is 0 Å². The first kappa shape index (κ1) is 12.2. The first-order valence-electron chi connectivity index (χ1n) is 5.22. The van der Waals surface area contributed by atoms with Crippen LogP contribution in [-0.2, 0) is 0 Å².